The number of amides is 1. The second-order valence-electron chi connectivity index (χ2n) is 4.76. The highest BCUT2D eigenvalue weighted by Crippen LogP contribution is 2.39. The van der Waals surface area contributed by atoms with E-state index < -0.39 is 17.8 Å². The van der Waals surface area contributed by atoms with E-state index in [1.54, 1.807) is 6.20 Å². The van der Waals surface area contributed by atoms with Gasteiger partial charge in [-0.1, -0.05) is 24.7 Å². The van der Waals surface area contributed by atoms with Crippen LogP contribution >= 0.6 is 27.3 Å². The van der Waals surface area contributed by atoms with Crippen molar-refractivity contribution in [1.29, 1.82) is 0 Å². The lowest BCUT2D eigenvalue weighted by Crippen LogP contribution is -2.29. The number of anilines is 1. The van der Waals surface area contributed by atoms with Crippen LogP contribution in [0.15, 0.2) is 9.98 Å². The smallest absolute Gasteiger partial charge is 0.307 e. The van der Waals surface area contributed by atoms with Gasteiger partial charge in [0.2, 0.25) is 5.91 Å². The number of hydrogen-bond acceptors (Lipinski definition) is 4. The molecule has 1 heterocycles. The molecule has 2 N–H and O–H groups in total. The van der Waals surface area contributed by atoms with Crippen LogP contribution in [0.25, 0.3) is 0 Å². The molecule has 19 heavy (non-hydrogen) atoms. The molecule has 3 atom stereocenters. The molecule has 1 fully saturated rings. The molecule has 1 aromatic rings. The summed E-state index contributed by atoms with van der Waals surface area (Å²) >= 11 is 4.59. The maximum absolute atomic E-state index is 12.2. The first-order valence-electron chi connectivity index (χ1n) is 6.16. The molecule has 1 unspecified atom stereocenters. The van der Waals surface area contributed by atoms with Crippen molar-refractivity contribution in [1.82, 2.24) is 4.98 Å². The summed E-state index contributed by atoms with van der Waals surface area (Å²) in [4.78, 5) is 27.4. The van der Waals surface area contributed by atoms with Gasteiger partial charge in [-0.3, -0.25) is 9.59 Å². The second kappa shape index (κ2) is 6.00. The van der Waals surface area contributed by atoms with E-state index in [0.717, 1.165) is 10.2 Å². The topological polar surface area (TPSA) is 79.3 Å². The fraction of sp³-hybridized carbons (Fsp3) is 0.583. The number of carboxylic acids is 1. The van der Waals surface area contributed by atoms with E-state index in [-0.39, 0.29) is 5.91 Å². The maximum atomic E-state index is 12.2. The SMILES string of the molecule is CCC1C[C@H](C(=O)Nc2ncc(Br)s2)[C@H](C(=O)O)C1. The molecule has 0 aromatic carbocycles. The molecule has 104 valence electrons. The minimum absolute atomic E-state index is 0.231. The van der Waals surface area contributed by atoms with E-state index in [4.69, 9.17) is 0 Å². The van der Waals surface area contributed by atoms with Gasteiger partial charge in [-0.05, 0) is 34.7 Å². The zero-order chi connectivity index (χ0) is 14.0. The third kappa shape index (κ3) is 3.33. The normalized spacial score (nSPS) is 26.3. The molecular formula is C12H15BrN2O3S. The maximum Gasteiger partial charge on any atom is 0.307 e. The summed E-state index contributed by atoms with van der Waals surface area (Å²) in [5.41, 5.74) is 0. The lowest BCUT2D eigenvalue weighted by molar-refractivity contribution is -0.145. The number of nitrogens with zero attached hydrogens (tertiary/aromatic N) is 1. The van der Waals surface area contributed by atoms with E-state index in [2.05, 4.69) is 26.2 Å². The highest BCUT2D eigenvalue weighted by Gasteiger charge is 2.42. The highest BCUT2D eigenvalue weighted by atomic mass is 79.9. The van der Waals surface area contributed by atoms with Gasteiger partial charge in [0.1, 0.15) is 0 Å². The summed E-state index contributed by atoms with van der Waals surface area (Å²) in [5.74, 6) is -1.82. The monoisotopic (exact) mass is 346 g/mol. The molecule has 2 rings (SSSR count). The molecule has 0 spiro atoms. The Morgan fingerprint density at radius 1 is 1.53 bits per heavy atom. The molecule has 0 aliphatic heterocycles. The van der Waals surface area contributed by atoms with Crippen LogP contribution in [0, 0.1) is 17.8 Å². The van der Waals surface area contributed by atoms with Gasteiger partial charge in [-0.25, -0.2) is 4.98 Å². The third-order valence-corrected chi connectivity index (χ3v) is 4.99. The van der Waals surface area contributed by atoms with Crippen LogP contribution in [0.4, 0.5) is 5.13 Å². The van der Waals surface area contributed by atoms with Crippen LogP contribution in [0.1, 0.15) is 26.2 Å². The summed E-state index contributed by atoms with van der Waals surface area (Å²) in [6.45, 7) is 2.03. The van der Waals surface area contributed by atoms with Gasteiger partial charge in [0.15, 0.2) is 5.13 Å². The number of aromatic nitrogens is 1. The second-order valence-corrected chi connectivity index (χ2v) is 7.17. The Kier molecular flexibility index (Phi) is 4.57. The number of carboxylic acid groups (broad SMARTS) is 1. The molecule has 0 bridgehead atoms. The lowest BCUT2D eigenvalue weighted by atomic mass is 9.95. The van der Waals surface area contributed by atoms with Crippen molar-refractivity contribution in [2.45, 2.75) is 26.2 Å². The molecular weight excluding hydrogens is 332 g/mol. The van der Waals surface area contributed by atoms with E-state index in [0.29, 0.717) is 23.9 Å². The van der Waals surface area contributed by atoms with E-state index >= 15 is 0 Å². The van der Waals surface area contributed by atoms with Crippen LogP contribution in [-0.2, 0) is 9.59 Å². The standard InChI is InChI=1S/C12H15BrN2O3S/c1-2-6-3-7(8(4-6)11(17)18)10(16)15-12-14-5-9(13)19-12/h5-8H,2-4H2,1H3,(H,17,18)(H,14,15,16)/t6?,7-,8+/m0/s1. The summed E-state index contributed by atoms with van der Waals surface area (Å²) in [5, 5.41) is 12.4. The van der Waals surface area contributed by atoms with Gasteiger partial charge in [-0.15, -0.1) is 0 Å². The van der Waals surface area contributed by atoms with Crippen molar-refractivity contribution in [3.05, 3.63) is 9.98 Å². The number of aliphatic carboxylic acids is 1. The first-order valence-corrected chi connectivity index (χ1v) is 7.77. The Labute approximate surface area is 123 Å². The van der Waals surface area contributed by atoms with Gasteiger partial charge >= 0.3 is 5.97 Å². The Balaban J connectivity index is 2.06. The van der Waals surface area contributed by atoms with E-state index in [9.17, 15) is 14.7 Å². The van der Waals surface area contributed by atoms with Gasteiger partial charge < -0.3 is 10.4 Å². The minimum Gasteiger partial charge on any atom is -0.481 e. The fourth-order valence-electron chi connectivity index (χ4n) is 2.55. The molecule has 1 aromatic heterocycles. The van der Waals surface area contributed by atoms with Crippen LogP contribution in [0.2, 0.25) is 0 Å². The van der Waals surface area contributed by atoms with E-state index in [1.165, 1.54) is 11.3 Å². The first-order chi connectivity index (χ1) is 9.01. The Bertz CT molecular complexity index is 491. The predicted molar refractivity (Wildman–Crippen MR) is 76.1 cm³/mol. The number of rotatable bonds is 4. The molecule has 1 aliphatic rings. The van der Waals surface area contributed by atoms with Crippen molar-refractivity contribution in [2.75, 3.05) is 5.32 Å². The van der Waals surface area contributed by atoms with Gasteiger partial charge in [0, 0.05) is 0 Å². The Morgan fingerprint density at radius 2 is 2.21 bits per heavy atom. The largest absolute Gasteiger partial charge is 0.481 e. The lowest BCUT2D eigenvalue weighted by Gasteiger charge is -2.14. The van der Waals surface area contributed by atoms with Crippen LogP contribution in [0.5, 0.6) is 0 Å². The number of halogens is 1. The number of hydrogen-bond donors (Lipinski definition) is 2. The van der Waals surface area contributed by atoms with Crippen molar-refractivity contribution in [3.8, 4) is 0 Å². The Hall–Kier alpha value is -0.950. The van der Waals surface area contributed by atoms with Crippen LogP contribution in [0.3, 0.4) is 0 Å². The van der Waals surface area contributed by atoms with Crippen molar-refractivity contribution < 1.29 is 14.7 Å². The predicted octanol–water partition coefficient (Wildman–Crippen LogP) is 2.98. The van der Waals surface area contributed by atoms with Gasteiger partial charge in [0.25, 0.3) is 0 Å². The van der Waals surface area contributed by atoms with Crippen LogP contribution in [-0.4, -0.2) is 22.0 Å². The van der Waals surface area contributed by atoms with Gasteiger partial charge in [-0.2, -0.15) is 0 Å². The number of carbonyl (C=O) groups excluding carboxylic acids is 1. The zero-order valence-corrected chi connectivity index (χ0v) is 12.8. The summed E-state index contributed by atoms with van der Waals surface area (Å²) < 4.78 is 0.829. The average molecular weight is 347 g/mol. The van der Waals surface area contributed by atoms with Crippen molar-refractivity contribution in [3.63, 3.8) is 0 Å². The molecule has 5 nitrogen and oxygen atoms in total. The average Bonchev–Trinajstić information content (AvgIpc) is 2.95. The molecule has 7 heteroatoms. The fourth-order valence-corrected chi connectivity index (χ4v) is 3.66. The summed E-state index contributed by atoms with van der Waals surface area (Å²) in [6.07, 6.45) is 3.76. The summed E-state index contributed by atoms with van der Waals surface area (Å²) in [6, 6.07) is 0. The molecule has 1 aliphatic carbocycles. The number of nitrogens with one attached hydrogen (secondary N) is 1. The molecule has 0 radical (unpaired) electrons. The Morgan fingerprint density at radius 3 is 2.74 bits per heavy atom. The third-order valence-electron chi connectivity index (χ3n) is 3.60. The van der Waals surface area contributed by atoms with Crippen molar-refractivity contribution in [2.24, 2.45) is 17.8 Å². The zero-order valence-electron chi connectivity index (χ0n) is 10.4. The molecule has 1 amide bonds. The number of carbonyl (C=O) groups is 2. The van der Waals surface area contributed by atoms with Gasteiger partial charge in [0.05, 0.1) is 21.8 Å². The summed E-state index contributed by atoms with van der Waals surface area (Å²) in [7, 11) is 0. The van der Waals surface area contributed by atoms with Crippen molar-refractivity contribution >= 4 is 44.3 Å². The molecule has 0 saturated heterocycles. The first kappa shape index (κ1) is 14.5. The van der Waals surface area contributed by atoms with E-state index in [1.807, 2.05) is 6.92 Å². The highest BCUT2D eigenvalue weighted by molar-refractivity contribution is 9.11. The quantitative estimate of drug-likeness (QED) is 0.878. The minimum atomic E-state index is -0.878. The molecule has 1 saturated carbocycles. The number of thiazole rings is 1. The van der Waals surface area contributed by atoms with Crippen LogP contribution < -0.4 is 5.32 Å².